The van der Waals surface area contributed by atoms with Crippen molar-refractivity contribution in [1.82, 2.24) is 10.1 Å². The maximum absolute atomic E-state index is 6.12. The van der Waals surface area contributed by atoms with Gasteiger partial charge in [0.25, 0.3) is 0 Å². The first kappa shape index (κ1) is 14.0. The first-order valence-corrected chi connectivity index (χ1v) is 7.64. The summed E-state index contributed by atoms with van der Waals surface area (Å²) >= 11 is 7.73. The Morgan fingerprint density at radius 2 is 1.86 bits per heavy atom. The summed E-state index contributed by atoms with van der Waals surface area (Å²) in [6.45, 7) is 0. The Hall–Kier alpha value is -1.98. The van der Waals surface area contributed by atoms with Gasteiger partial charge in [0.1, 0.15) is 0 Å². The van der Waals surface area contributed by atoms with Gasteiger partial charge in [-0.2, -0.15) is 4.98 Å². The van der Waals surface area contributed by atoms with E-state index < -0.39 is 0 Å². The van der Waals surface area contributed by atoms with Gasteiger partial charge in [-0.05, 0) is 36.4 Å². The highest BCUT2D eigenvalue weighted by molar-refractivity contribution is 7.98. The first-order chi connectivity index (χ1) is 10.2. The van der Waals surface area contributed by atoms with Crippen LogP contribution in [-0.4, -0.2) is 10.1 Å². The quantitative estimate of drug-likeness (QED) is 0.575. The molecule has 0 fully saturated rings. The second-order valence-electron chi connectivity index (χ2n) is 4.35. The van der Waals surface area contributed by atoms with E-state index in [2.05, 4.69) is 10.1 Å². The molecule has 0 aliphatic rings. The molecule has 0 spiro atoms. The third kappa shape index (κ3) is 3.37. The minimum atomic E-state index is 0.508. The van der Waals surface area contributed by atoms with Gasteiger partial charge in [-0.25, -0.2) is 0 Å². The Kier molecular flexibility index (Phi) is 4.13. The standard InChI is InChI=1S/C15H12ClN3OS/c16-13-4-2-1-3-12(13)15-18-14(20-19-15)9-21-11-7-5-10(17)6-8-11/h1-8H,9,17H2. The molecule has 0 radical (unpaired) electrons. The van der Waals surface area contributed by atoms with Crippen molar-refractivity contribution in [2.24, 2.45) is 0 Å². The predicted molar refractivity (Wildman–Crippen MR) is 85.2 cm³/mol. The minimum absolute atomic E-state index is 0.508. The Bertz CT molecular complexity index is 743. The molecule has 21 heavy (non-hydrogen) atoms. The fraction of sp³-hybridized carbons (Fsp3) is 0.0667. The summed E-state index contributed by atoms with van der Waals surface area (Å²) < 4.78 is 5.25. The van der Waals surface area contributed by atoms with E-state index in [9.17, 15) is 0 Å². The van der Waals surface area contributed by atoms with Crippen LogP contribution in [0.15, 0.2) is 57.9 Å². The lowest BCUT2D eigenvalue weighted by Crippen LogP contribution is -1.85. The van der Waals surface area contributed by atoms with Crippen LogP contribution in [0, 0.1) is 0 Å². The molecule has 0 aliphatic carbocycles. The molecular weight excluding hydrogens is 306 g/mol. The topological polar surface area (TPSA) is 64.9 Å². The lowest BCUT2D eigenvalue weighted by molar-refractivity contribution is 0.391. The van der Waals surface area contributed by atoms with Crippen LogP contribution in [0.3, 0.4) is 0 Å². The highest BCUT2D eigenvalue weighted by Gasteiger charge is 2.11. The lowest BCUT2D eigenvalue weighted by atomic mass is 10.2. The number of hydrogen-bond donors (Lipinski definition) is 1. The average molecular weight is 318 g/mol. The summed E-state index contributed by atoms with van der Waals surface area (Å²) in [5, 5.41) is 4.58. The second-order valence-corrected chi connectivity index (χ2v) is 5.81. The lowest BCUT2D eigenvalue weighted by Gasteiger charge is -1.98. The molecule has 2 N–H and O–H groups in total. The van der Waals surface area contributed by atoms with Crippen molar-refractivity contribution < 1.29 is 4.52 Å². The smallest absolute Gasteiger partial charge is 0.237 e. The van der Waals surface area contributed by atoms with Gasteiger partial charge in [-0.1, -0.05) is 28.9 Å². The van der Waals surface area contributed by atoms with E-state index in [1.54, 1.807) is 17.8 Å². The maximum atomic E-state index is 6.12. The monoisotopic (exact) mass is 317 g/mol. The van der Waals surface area contributed by atoms with Crippen molar-refractivity contribution in [1.29, 1.82) is 0 Å². The van der Waals surface area contributed by atoms with Crippen LogP contribution in [0.5, 0.6) is 0 Å². The molecule has 2 aromatic carbocycles. The number of thioether (sulfide) groups is 1. The largest absolute Gasteiger partial charge is 0.399 e. The van der Waals surface area contributed by atoms with Gasteiger partial charge in [-0.3, -0.25) is 0 Å². The van der Waals surface area contributed by atoms with Gasteiger partial charge in [0, 0.05) is 16.1 Å². The first-order valence-electron chi connectivity index (χ1n) is 6.28. The summed E-state index contributed by atoms with van der Waals surface area (Å²) in [6, 6.07) is 15.1. The van der Waals surface area contributed by atoms with Crippen LogP contribution in [0.4, 0.5) is 5.69 Å². The Balaban J connectivity index is 1.71. The maximum Gasteiger partial charge on any atom is 0.237 e. The minimum Gasteiger partial charge on any atom is -0.399 e. The second kappa shape index (κ2) is 6.20. The molecule has 0 aliphatic heterocycles. The molecule has 0 bridgehead atoms. The Morgan fingerprint density at radius 3 is 2.62 bits per heavy atom. The van der Waals surface area contributed by atoms with Gasteiger partial charge in [-0.15, -0.1) is 11.8 Å². The molecule has 3 aromatic rings. The Labute approximate surface area is 131 Å². The van der Waals surface area contributed by atoms with Gasteiger partial charge in [0.2, 0.25) is 11.7 Å². The van der Waals surface area contributed by atoms with Gasteiger partial charge >= 0.3 is 0 Å². The molecule has 106 valence electrons. The zero-order chi connectivity index (χ0) is 14.7. The molecule has 3 rings (SSSR count). The molecule has 6 heteroatoms. The van der Waals surface area contributed by atoms with E-state index >= 15 is 0 Å². The fourth-order valence-corrected chi connectivity index (χ4v) is 2.73. The van der Waals surface area contributed by atoms with Crippen molar-refractivity contribution in [3.05, 3.63) is 59.4 Å². The molecule has 1 aromatic heterocycles. The van der Waals surface area contributed by atoms with E-state index in [1.807, 2.05) is 42.5 Å². The third-order valence-electron chi connectivity index (χ3n) is 2.83. The van der Waals surface area contributed by atoms with E-state index in [0.717, 1.165) is 16.1 Å². The van der Waals surface area contributed by atoms with Crippen molar-refractivity contribution in [3.63, 3.8) is 0 Å². The molecule has 0 amide bonds. The number of benzene rings is 2. The number of aromatic nitrogens is 2. The summed E-state index contributed by atoms with van der Waals surface area (Å²) in [5.74, 6) is 1.67. The Morgan fingerprint density at radius 1 is 1.10 bits per heavy atom. The number of hydrogen-bond acceptors (Lipinski definition) is 5. The number of nitrogens with two attached hydrogens (primary N) is 1. The molecule has 4 nitrogen and oxygen atoms in total. The summed E-state index contributed by atoms with van der Waals surface area (Å²) in [7, 11) is 0. The van der Waals surface area contributed by atoms with E-state index in [4.69, 9.17) is 21.9 Å². The van der Waals surface area contributed by atoms with Crippen LogP contribution in [0.1, 0.15) is 5.89 Å². The van der Waals surface area contributed by atoms with Crippen LogP contribution < -0.4 is 5.73 Å². The van der Waals surface area contributed by atoms with Crippen molar-refractivity contribution in [2.75, 3.05) is 5.73 Å². The van der Waals surface area contributed by atoms with Gasteiger partial charge in [0.05, 0.1) is 10.8 Å². The number of nitrogen functional groups attached to an aromatic ring is 1. The molecule has 0 saturated carbocycles. The zero-order valence-corrected chi connectivity index (χ0v) is 12.6. The van der Waals surface area contributed by atoms with Crippen LogP contribution in [-0.2, 0) is 5.75 Å². The summed E-state index contributed by atoms with van der Waals surface area (Å²) in [6.07, 6.45) is 0. The van der Waals surface area contributed by atoms with Crippen LogP contribution >= 0.6 is 23.4 Å². The SMILES string of the molecule is Nc1ccc(SCc2nc(-c3ccccc3Cl)no2)cc1. The van der Waals surface area contributed by atoms with Crippen molar-refractivity contribution in [3.8, 4) is 11.4 Å². The number of nitrogens with zero attached hydrogens (tertiary/aromatic N) is 2. The fourth-order valence-electron chi connectivity index (χ4n) is 1.77. The summed E-state index contributed by atoms with van der Waals surface area (Å²) in [5.41, 5.74) is 7.17. The highest BCUT2D eigenvalue weighted by atomic mass is 35.5. The number of anilines is 1. The predicted octanol–water partition coefficient (Wildman–Crippen LogP) is 4.26. The van der Waals surface area contributed by atoms with Crippen molar-refractivity contribution in [2.45, 2.75) is 10.6 Å². The van der Waals surface area contributed by atoms with E-state index in [0.29, 0.717) is 22.5 Å². The molecule has 0 atom stereocenters. The average Bonchev–Trinajstić information content (AvgIpc) is 2.96. The molecular formula is C15H12ClN3OS. The summed E-state index contributed by atoms with van der Waals surface area (Å²) in [4.78, 5) is 5.46. The normalized spacial score (nSPS) is 10.7. The highest BCUT2D eigenvalue weighted by Crippen LogP contribution is 2.27. The molecule has 1 heterocycles. The third-order valence-corrected chi connectivity index (χ3v) is 4.15. The van der Waals surface area contributed by atoms with E-state index in [-0.39, 0.29) is 0 Å². The molecule has 0 unspecified atom stereocenters. The van der Waals surface area contributed by atoms with Crippen molar-refractivity contribution >= 4 is 29.1 Å². The van der Waals surface area contributed by atoms with Crippen LogP contribution in [0.2, 0.25) is 5.02 Å². The van der Waals surface area contributed by atoms with Gasteiger partial charge < -0.3 is 10.3 Å². The van der Waals surface area contributed by atoms with Gasteiger partial charge in [0.15, 0.2) is 0 Å². The van der Waals surface area contributed by atoms with E-state index in [1.165, 1.54) is 0 Å². The molecule has 0 saturated heterocycles. The van der Waals surface area contributed by atoms with Crippen LogP contribution in [0.25, 0.3) is 11.4 Å². The number of halogens is 1. The number of rotatable bonds is 4. The zero-order valence-electron chi connectivity index (χ0n) is 11.0.